The van der Waals surface area contributed by atoms with Crippen molar-refractivity contribution in [2.24, 2.45) is 0 Å². The summed E-state index contributed by atoms with van der Waals surface area (Å²) in [5.41, 5.74) is 2.74. The first-order valence-electron chi connectivity index (χ1n) is 5.43. The Morgan fingerprint density at radius 1 is 1.28 bits per heavy atom. The van der Waals surface area contributed by atoms with Crippen LogP contribution in [0.15, 0.2) is 41.4 Å². The summed E-state index contributed by atoms with van der Waals surface area (Å²) < 4.78 is 2.53. The molecular weight excluding hydrogens is 294 g/mol. The van der Waals surface area contributed by atoms with Crippen LogP contribution in [0, 0.1) is 5.41 Å². The Morgan fingerprint density at radius 3 is 2.83 bits per heavy atom. The smallest absolute Gasteiger partial charge is 0.177 e. The van der Waals surface area contributed by atoms with Crippen molar-refractivity contribution >= 4 is 27.1 Å². The summed E-state index contributed by atoms with van der Waals surface area (Å²) in [5.74, 6) is 0. The Balaban J connectivity index is 2.13. The molecule has 2 heterocycles. The molecule has 3 rings (SSSR count). The molecule has 0 aliphatic rings. The SMILES string of the molecule is N=c1ncn(Cc2ccccc2)c2nc(Br)[nH]c12. The summed E-state index contributed by atoms with van der Waals surface area (Å²) in [6.45, 7) is 0.682. The summed E-state index contributed by atoms with van der Waals surface area (Å²) in [4.78, 5) is 11.4. The number of nitrogens with zero attached hydrogens (tertiary/aromatic N) is 3. The second-order valence-corrected chi connectivity index (χ2v) is 4.68. The van der Waals surface area contributed by atoms with Gasteiger partial charge in [0.2, 0.25) is 0 Å². The summed E-state index contributed by atoms with van der Waals surface area (Å²) in [7, 11) is 0. The highest BCUT2D eigenvalue weighted by Crippen LogP contribution is 2.12. The zero-order valence-electron chi connectivity index (χ0n) is 9.39. The third-order valence-electron chi connectivity index (χ3n) is 2.69. The monoisotopic (exact) mass is 303 g/mol. The van der Waals surface area contributed by atoms with Crippen LogP contribution in [0.25, 0.3) is 11.2 Å². The molecule has 2 aromatic heterocycles. The molecule has 6 heteroatoms. The highest BCUT2D eigenvalue weighted by Gasteiger charge is 2.07. The van der Waals surface area contributed by atoms with Crippen molar-refractivity contribution in [3.8, 4) is 0 Å². The van der Waals surface area contributed by atoms with Crippen molar-refractivity contribution in [3.63, 3.8) is 0 Å². The summed E-state index contributed by atoms with van der Waals surface area (Å²) >= 11 is 3.29. The lowest BCUT2D eigenvalue weighted by Crippen LogP contribution is -2.13. The van der Waals surface area contributed by atoms with Gasteiger partial charge in [-0.2, -0.15) is 0 Å². The Kier molecular flexibility index (Phi) is 2.71. The van der Waals surface area contributed by atoms with E-state index in [0.29, 0.717) is 16.8 Å². The summed E-state index contributed by atoms with van der Waals surface area (Å²) in [6.07, 6.45) is 1.64. The van der Waals surface area contributed by atoms with E-state index in [9.17, 15) is 0 Å². The molecule has 0 atom stereocenters. The van der Waals surface area contributed by atoms with Gasteiger partial charge >= 0.3 is 0 Å². The van der Waals surface area contributed by atoms with Crippen LogP contribution in [0.3, 0.4) is 0 Å². The Labute approximate surface area is 111 Å². The van der Waals surface area contributed by atoms with Crippen LogP contribution in [0.2, 0.25) is 0 Å². The highest BCUT2D eigenvalue weighted by molar-refractivity contribution is 9.10. The van der Waals surface area contributed by atoms with Crippen molar-refractivity contribution < 1.29 is 0 Å². The zero-order chi connectivity index (χ0) is 12.5. The number of hydrogen-bond acceptors (Lipinski definition) is 3. The third kappa shape index (κ3) is 1.95. The number of hydrogen-bond donors (Lipinski definition) is 2. The van der Waals surface area contributed by atoms with E-state index in [1.165, 1.54) is 5.56 Å². The van der Waals surface area contributed by atoms with E-state index in [1.807, 2.05) is 22.8 Å². The molecule has 0 saturated carbocycles. The minimum atomic E-state index is 0.201. The second kappa shape index (κ2) is 4.38. The molecule has 0 saturated heterocycles. The average molecular weight is 304 g/mol. The zero-order valence-corrected chi connectivity index (χ0v) is 11.0. The first-order valence-corrected chi connectivity index (χ1v) is 6.22. The van der Waals surface area contributed by atoms with Crippen molar-refractivity contribution in [2.45, 2.75) is 6.54 Å². The number of imidazole rings is 1. The van der Waals surface area contributed by atoms with Crippen LogP contribution < -0.4 is 5.49 Å². The number of aromatic amines is 1. The minimum Gasteiger partial charge on any atom is -0.328 e. The number of H-pyrrole nitrogens is 1. The molecule has 0 unspecified atom stereocenters. The Morgan fingerprint density at radius 2 is 2.06 bits per heavy atom. The van der Waals surface area contributed by atoms with Gasteiger partial charge in [0.15, 0.2) is 15.9 Å². The first-order chi connectivity index (χ1) is 8.74. The van der Waals surface area contributed by atoms with E-state index in [4.69, 9.17) is 5.41 Å². The highest BCUT2D eigenvalue weighted by atomic mass is 79.9. The van der Waals surface area contributed by atoms with Crippen LogP contribution in [-0.2, 0) is 6.54 Å². The topological polar surface area (TPSA) is 70.3 Å². The molecule has 0 bridgehead atoms. The number of aromatic nitrogens is 4. The number of rotatable bonds is 2. The fourth-order valence-electron chi connectivity index (χ4n) is 1.85. The minimum absolute atomic E-state index is 0.201. The summed E-state index contributed by atoms with van der Waals surface area (Å²) in [6, 6.07) is 10.1. The molecule has 3 aromatic rings. The van der Waals surface area contributed by atoms with Gasteiger partial charge in [0, 0.05) is 0 Å². The molecule has 0 spiro atoms. The van der Waals surface area contributed by atoms with Crippen LogP contribution in [0.4, 0.5) is 0 Å². The van der Waals surface area contributed by atoms with Gasteiger partial charge in [0.1, 0.15) is 5.52 Å². The standard InChI is InChI=1S/C12H10BrN5/c13-12-16-9-10(14)15-7-18(11(9)17-12)6-8-4-2-1-3-5-8/h1-5,7,14H,6H2,(H,16,17). The van der Waals surface area contributed by atoms with Crippen molar-refractivity contribution in [1.29, 1.82) is 5.41 Å². The largest absolute Gasteiger partial charge is 0.328 e. The summed E-state index contributed by atoms with van der Waals surface area (Å²) in [5, 5.41) is 7.74. The maximum absolute atomic E-state index is 7.74. The van der Waals surface area contributed by atoms with E-state index in [1.54, 1.807) is 6.33 Å². The van der Waals surface area contributed by atoms with Crippen molar-refractivity contribution in [3.05, 3.63) is 52.4 Å². The molecule has 0 radical (unpaired) electrons. The second-order valence-electron chi connectivity index (χ2n) is 3.93. The van der Waals surface area contributed by atoms with Gasteiger partial charge in [-0.3, -0.25) is 5.41 Å². The number of benzene rings is 1. The fourth-order valence-corrected chi connectivity index (χ4v) is 2.22. The molecule has 90 valence electrons. The molecule has 1 aromatic carbocycles. The fraction of sp³-hybridized carbons (Fsp3) is 0.0833. The van der Waals surface area contributed by atoms with Crippen LogP contribution in [0.1, 0.15) is 5.56 Å². The maximum Gasteiger partial charge on any atom is 0.177 e. The van der Waals surface area contributed by atoms with Gasteiger partial charge in [0.05, 0.1) is 12.9 Å². The molecular formula is C12H10BrN5. The van der Waals surface area contributed by atoms with Crippen LogP contribution in [0.5, 0.6) is 0 Å². The van der Waals surface area contributed by atoms with Crippen molar-refractivity contribution in [2.75, 3.05) is 0 Å². The van der Waals surface area contributed by atoms with Crippen LogP contribution >= 0.6 is 15.9 Å². The molecule has 0 amide bonds. The average Bonchev–Trinajstić information content (AvgIpc) is 2.77. The third-order valence-corrected chi connectivity index (χ3v) is 3.06. The molecule has 0 aliphatic carbocycles. The van der Waals surface area contributed by atoms with Gasteiger partial charge in [-0.25, -0.2) is 9.97 Å². The van der Waals surface area contributed by atoms with Crippen LogP contribution in [-0.4, -0.2) is 19.5 Å². The normalized spacial score (nSPS) is 10.9. The predicted octanol–water partition coefficient (Wildman–Crippen LogP) is 2.05. The van der Waals surface area contributed by atoms with Crippen molar-refractivity contribution in [1.82, 2.24) is 19.5 Å². The number of nitrogens with one attached hydrogen (secondary N) is 2. The Hall–Kier alpha value is -1.95. The maximum atomic E-state index is 7.74. The lowest BCUT2D eigenvalue weighted by Gasteiger charge is -2.06. The van der Waals surface area contributed by atoms with Gasteiger partial charge < -0.3 is 9.55 Å². The van der Waals surface area contributed by atoms with Gasteiger partial charge in [-0.05, 0) is 21.5 Å². The van der Waals surface area contributed by atoms with E-state index >= 15 is 0 Å². The predicted molar refractivity (Wildman–Crippen MR) is 71.0 cm³/mol. The van der Waals surface area contributed by atoms with Gasteiger partial charge in [-0.1, -0.05) is 30.3 Å². The molecule has 0 fully saturated rings. The van der Waals surface area contributed by atoms with E-state index < -0.39 is 0 Å². The van der Waals surface area contributed by atoms with Gasteiger partial charge in [0.25, 0.3) is 0 Å². The quantitative estimate of drug-likeness (QED) is 0.711. The molecule has 0 aliphatic heterocycles. The molecule has 18 heavy (non-hydrogen) atoms. The first kappa shape index (κ1) is 11.2. The lowest BCUT2D eigenvalue weighted by molar-refractivity contribution is 0.783. The van der Waals surface area contributed by atoms with Gasteiger partial charge in [-0.15, -0.1) is 0 Å². The molecule has 2 N–H and O–H groups in total. The van der Waals surface area contributed by atoms with E-state index in [0.717, 1.165) is 5.65 Å². The molecule has 5 nitrogen and oxygen atoms in total. The van der Waals surface area contributed by atoms with E-state index in [2.05, 4.69) is 43.0 Å². The lowest BCUT2D eigenvalue weighted by atomic mass is 10.2. The van der Waals surface area contributed by atoms with E-state index in [-0.39, 0.29) is 5.49 Å². The number of fused-ring (bicyclic) bond motifs is 1. The number of halogens is 1. The Bertz CT molecular complexity index is 744.